The number of aryl methyl sites for hydroxylation is 2. The molecule has 1 unspecified atom stereocenters. The number of H-pyrrole nitrogens is 1. The molecule has 1 aliphatic heterocycles. The Hall–Kier alpha value is -2.85. The van der Waals surface area contributed by atoms with Crippen LogP contribution in [-0.2, 0) is 11.3 Å². The van der Waals surface area contributed by atoms with E-state index in [9.17, 15) is 0 Å². The van der Waals surface area contributed by atoms with E-state index >= 15 is 0 Å². The molecule has 1 saturated heterocycles. The van der Waals surface area contributed by atoms with Crippen molar-refractivity contribution in [2.75, 3.05) is 24.7 Å². The molecule has 0 aliphatic carbocycles. The average molecular weight is 411 g/mol. The van der Waals surface area contributed by atoms with Crippen molar-refractivity contribution in [1.82, 2.24) is 34.5 Å². The fraction of sp³-hybridized carbons (Fsp3) is 0.421. The summed E-state index contributed by atoms with van der Waals surface area (Å²) in [5, 5.41) is 15.8. The van der Waals surface area contributed by atoms with Crippen molar-refractivity contribution < 1.29 is 4.74 Å². The lowest BCUT2D eigenvalue weighted by Gasteiger charge is -2.34. The minimum absolute atomic E-state index is 0.249. The predicted molar refractivity (Wildman–Crippen MR) is 112 cm³/mol. The number of hydrogen-bond donors (Lipinski definition) is 1. The lowest BCUT2D eigenvalue weighted by atomic mass is 10.1. The van der Waals surface area contributed by atoms with Crippen LogP contribution < -0.4 is 4.90 Å². The van der Waals surface area contributed by atoms with Crippen molar-refractivity contribution in [3.05, 3.63) is 24.0 Å². The Morgan fingerprint density at radius 3 is 3.00 bits per heavy atom. The molecular formula is C19H22N8OS. The van der Waals surface area contributed by atoms with Gasteiger partial charge in [0.15, 0.2) is 0 Å². The molecule has 29 heavy (non-hydrogen) atoms. The van der Waals surface area contributed by atoms with Crippen LogP contribution in [-0.4, -0.2) is 60.3 Å². The second-order valence-electron chi connectivity index (χ2n) is 7.23. The molecule has 1 N–H and O–H groups in total. The van der Waals surface area contributed by atoms with E-state index in [1.165, 1.54) is 11.5 Å². The molecule has 0 spiro atoms. The maximum atomic E-state index is 5.62. The van der Waals surface area contributed by atoms with E-state index in [0.717, 1.165) is 57.5 Å². The van der Waals surface area contributed by atoms with E-state index in [-0.39, 0.29) is 6.04 Å². The van der Waals surface area contributed by atoms with Crippen molar-refractivity contribution in [2.24, 2.45) is 0 Å². The maximum absolute atomic E-state index is 5.62. The molecule has 0 saturated carbocycles. The van der Waals surface area contributed by atoms with Crippen LogP contribution in [0.25, 0.3) is 32.9 Å². The Balaban J connectivity index is 1.75. The fourth-order valence-electron chi connectivity index (χ4n) is 3.72. The van der Waals surface area contributed by atoms with Gasteiger partial charge in [-0.1, -0.05) is 5.21 Å². The van der Waals surface area contributed by atoms with E-state index in [1.54, 1.807) is 0 Å². The van der Waals surface area contributed by atoms with Crippen LogP contribution in [0.15, 0.2) is 18.3 Å². The smallest absolute Gasteiger partial charge is 0.131 e. The van der Waals surface area contributed by atoms with Crippen molar-refractivity contribution >= 4 is 27.6 Å². The Morgan fingerprint density at radius 1 is 1.34 bits per heavy atom. The number of morpholine rings is 1. The van der Waals surface area contributed by atoms with E-state index in [1.807, 2.05) is 23.9 Å². The van der Waals surface area contributed by atoms with Gasteiger partial charge in [-0.2, -0.15) is 9.47 Å². The summed E-state index contributed by atoms with van der Waals surface area (Å²) in [6.07, 6.45) is 1.81. The van der Waals surface area contributed by atoms with Crippen molar-refractivity contribution in [3.8, 4) is 22.6 Å². The standard InChI is InChI=1S/C19H22N8OS/c1-4-27-15(9-20-25-27)13-8-16(26-5-6-28-10-12(26)3)21-18-17(24-29-19(13)18)14-7-11(2)22-23-14/h7-9,12H,4-6,10H2,1-3H3,(H,22,23). The number of aromatic amines is 1. The van der Waals surface area contributed by atoms with Gasteiger partial charge < -0.3 is 9.64 Å². The van der Waals surface area contributed by atoms with Gasteiger partial charge in [0.05, 0.1) is 35.8 Å². The third-order valence-electron chi connectivity index (χ3n) is 5.22. The van der Waals surface area contributed by atoms with E-state index in [2.05, 4.69) is 45.3 Å². The van der Waals surface area contributed by atoms with E-state index in [4.69, 9.17) is 14.1 Å². The largest absolute Gasteiger partial charge is 0.377 e. The average Bonchev–Trinajstić information content (AvgIpc) is 3.46. The third-order valence-corrected chi connectivity index (χ3v) is 6.09. The van der Waals surface area contributed by atoms with Crippen molar-refractivity contribution in [3.63, 3.8) is 0 Å². The highest BCUT2D eigenvalue weighted by atomic mass is 32.1. The number of anilines is 1. The molecule has 1 fully saturated rings. The van der Waals surface area contributed by atoms with E-state index in [0.29, 0.717) is 13.2 Å². The summed E-state index contributed by atoms with van der Waals surface area (Å²) in [5.74, 6) is 0.917. The summed E-state index contributed by atoms with van der Waals surface area (Å²) in [6.45, 7) is 9.14. The first-order valence-corrected chi connectivity index (χ1v) is 10.5. The van der Waals surface area contributed by atoms with Crippen LogP contribution in [0.1, 0.15) is 19.5 Å². The fourth-order valence-corrected chi connectivity index (χ4v) is 4.57. The van der Waals surface area contributed by atoms with E-state index < -0.39 is 0 Å². The summed E-state index contributed by atoms with van der Waals surface area (Å²) < 4.78 is 13.3. The number of pyridine rings is 1. The predicted octanol–water partition coefficient (Wildman–Crippen LogP) is 2.89. The Bertz CT molecular complexity index is 1160. The molecule has 1 atom stereocenters. The Labute approximate surface area is 171 Å². The number of ether oxygens (including phenoxy) is 1. The maximum Gasteiger partial charge on any atom is 0.131 e. The number of nitrogens with one attached hydrogen (secondary N) is 1. The van der Waals surface area contributed by atoms with Crippen LogP contribution >= 0.6 is 11.5 Å². The molecule has 5 rings (SSSR count). The minimum Gasteiger partial charge on any atom is -0.377 e. The molecular weight excluding hydrogens is 388 g/mol. The van der Waals surface area contributed by atoms with Gasteiger partial charge in [0.25, 0.3) is 0 Å². The van der Waals surface area contributed by atoms with Gasteiger partial charge in [0.1, 0.15) is 22.7 Å². The number of aromatic nitrogens is 7. The molecule has 9 nitrogen and oxygen atoms in total. The van der Waals surface area contributed by atoms with Crippen molar-refractivity contribution in [1.29, 1.82) is 0 Å². The lowest BCUT2D eigenvalue weighted by molar-refractivity contribution is 0.0986. The van der Waals surface area contributed by atoms with Gasteiger partial charge >= 0.3 is 0 Å². The van der Waals surface area contributed by atoms with Gasteiger partial charge in [-0.25, -0.2) is 9.67 Å². The summed E-state index contributed by atoms with van der Waals surface area (Å²) in [6, 6.07) is 4.38. The highest BCUT2D eigenvalue weighted by molar-refractivity contribution is 7.14. The quantitative estimate of drug-likeness (QED) is 0.552. The lowest BCUT2D eigenvalue weighted by Crippen LogP contribution is -2.44. The van der Waals surface area contributed by atoms with Crippen LogP contribution in [0.5, 0.6) is 0 Å². The molecule has 4 aromatic heterocycles. The molecule has 5 heterocycles. The monoisotopic (exact) mass is 410 g/mol. The molecule has 0 bridgehead atoms. The Kier molecular flexibility index (Phi) is 4.51. The summed E-state index contributed by atoms with van der Waals surface area (Å²) in [4.78, 5) is 7.33. The zero-order valence-corrected chi connectivity index (χ0v) is 17.4. The van der Waals surface area contributed by atoms with Crippen molar-refractivity contribution in [2.45, 2.75) is 33.4 Å². The molecule has 0 radical (unpaired) electrons. The summed E-state index contributed by atoms with van der Waals surface area (Å²) in [7, 11) is 0. The first-order chi connectivity index (χ1) is 14.2. The zero-order valence-electron chi connectivity index (χ0n) is 16.6. The van der Waals surface area contributed by atoms with Gasteiger partial charge in [0, 0.05) is 24.3 Å². The Morgan fingerprint density at radius 2 is 2.24 bits per heavy atom. The molecule has 150 valence electrons. The van der Waals surface area contributed by atoms with Crippen LogP contribution in [0.3, 0.4) is 0 Å². The van der Waals surface area contributed by atoms with Gasteiger partial charge in [-0.3, -0.25) is 5.10 Å². The number of rotatable bonds is 4. The third kappa shape index (κ3) is 3.08. The molecule has 1 aliphatic rings. The highest BCUT2D eigenvalue weighted by Gasteiger charge is 2.25. The highest BCUT2D eigenvalue weighted by Crippen LogP contribution is 2.38. The first-order valence-electron chi connectivity index (χ1n) is 9.71. The van der Waals surface area contributed by atoms with Gasteiger partial charge in [0.2, 0.25) is 0 Å². The second kappa shape index (κ2) is 7.20. The number of hydrogen-bond acceptors (Lipinski definition) is 8. The molecule has 0 aromatic carbocycles. The minimum atomic E-state index is 0.249. The van der Waals surface area contributed by atoms with Crippen LogP contribution in [0.2, 0.25) is 0 Å². The summed E-state index contributed by atoms with van der Waals surface area (Å²) in [5.41, 5.74) is 5.47. The molecule has 4 aromatic rings. The SMILES string of the molecule is CCn1nncc1-c1cc(N2CCOCC2C)nc2c(-c3cc(C)[nH]n3)nsc12. The van der Waals surface area contributed by atoms with Crippen LogP contribution in [0.4, 0.5) is 5.82 Å². The van der Waals surface area contributed by atoms with Gasteiger partial charge in [-0.15, -0.1) is 5.10 Å². The van der Waals surface area contributed by atoms with Crippen LogP contribution in [0, 0.1) is 6.92 Å². The molecule has 10 heteroatoms. The first kappa shape index (κ1) is 18.2. The normalized spacial score (nSPS) is 17.3. The molecule has 0 amide bonds. The van der Waals surface area contributed by atoms with Gasteiger partial charge in [-0.05, 0) is 44.4 Å². The topological polar surface area (TPSA) is 97.6 Å². The second-order valence-corrected chi connectivity index (χ2v) is 8.00. The summed E-state index contributed by atoms with van der Waals surface area (Å²) >= 11 is 1.44. The zero-order chi connectivity index (χ0) is 20.0. The number of fused-ring (bicyclic) bond motifs is 1. The number of nitrogens with zero attached hydrogens (tertiary/aromatic N) is 7.